The highest BCUT2D eigenvalue weighted by Crippen LogP contribution is 2.20. The topological polar surface area (TPSA) is 41.1 Å². The minimum absolute atomic E-state index is 0.224. The summed E-state index contributed by atoms with van der Waals surface area (Å²) in [5.74, 6) is -0.302. The summed E-state index contributed by atoms with van der Waals surface area (Å²) in [5, 5.41) is 2.44. The summed E-state index contributed by atoms with van der Waals surface area (Å²) in [6.07, 6.45) is 0. The van der Waals surface area contributed by atoms with Gasteiger partial charge in [-0.25, -0.2) is 5.54 Å². The summed E-state index contributed by atoms with van der Waals surface area (Å²) in [6, 6.07) is 5.00. The standard InChI is InChI=1S/C9H11FN2O/c1-6-4-3-5-7(8(6)12-10)9(13)11-2/h3-5,12H,1-2H3,(H,11,13). The van der Waals surface area contributed by atoms with Gasteiger partial charge in [0.2, 0.25) is 0 Å². The molecule has 0 aliphatic carbocycles. The molecule has 1 aromatic rings. The molecule has 4 heteroatoms. The average molecular weight is 182 g/mol. The number of carbonyl (C=O) groups is 1. The summed E-state index contributed by atoms with van der Waals surface area (Å²) < 4.78 is 12.3. The van der Waals surface area contributed by atoms with E-state index in [0.717, 1.165) is 0 Å². The van der Waals surface area contributed by atoms with E-state index in [2.05, 4.69) is 5.32 Å². The first-order chi connectivity index (χ1) is 6.20. The largest absolute Gasteiger partial charge is 0.355 e. The smallest absolute Gasteiger partial charge is 0.253 e. The molecule has 1 amide bonds. The first-order valence-corrected chi connectivity index (χ1v) is 3.89. The lowest BCUT2D eigenvalue weighted by atomic mass is 10.1. The number of carbonyl (C=O) groups excluding carboxylic acids is 1. The van der Waals surface area contributed by atoms with E-state index in [1.807, 2.05) is 0 Å². The van der Waals surface area contributed by atoms with Gasteiger partial charge in [0.05, 0.1) is 11.3 Å². The van der Waals surface area contributed by atoms with Crippen LogP contribution in [0.2, 0.25) is 0 Å². The molecule has 13 heavy (non-hydrogen) atoms. The molecular weight excluding hydrogens is 171 g/mol. The Labute approximate surface area is 75.9 Å². The number of anilines is 1. The van der Waals surface area contributed by atoms with Crippen molar-refractivity contribution in [1.82, 2.24) is 5.32 Å². The van der Waals surface area contributed by atoms with Crippen LogP contribution in [-0.4, -0.2) is 13.0 Å². The highest BCUT2D eigenvalue weighted by Gasteiger charge is 2.10. The number of halogens is 1. The van der Waals surface area contributed by atoms with Crippen LogP contribution in [-0.2, 0) is 0 Å². The maximum Gasteiger partial charge on any atom is 0.253 e. The van der Waals surface area contributed by atoms with Gasteiger partial charge in [-0.2, -0.15) is 0 Å². The number of para-hydroxylation sites is 1. The molecule has 0 spiro atoms. The number of rotatable bonds is 2. The predicted octanol–water partition coefficient (Wildman–Crippen LogP) is 1.65. The second-order valence-corrected chi connectivity index (χ2v) is 2.67. The normalized spacial score (nSPS) is 9.46. The predicted molar refractivity (Wildman–Crippen MR) is 49.3 cm³/mol. The van der Waals surface area contributed by atoms with Crippen molar-refractivity contribution in [2.24, 2.45) is 0 Å². The number of aryl methyl sites for hydroxylation is 1. The van der Waals surface area contributed by atoms with Gasteiger partial charge in [-0.05, 0) is 18.6 Å². The molecule has 0 saturated heterocycles. The number of benzene rings is 1. The number of amides is 1. The van der Waals surface area contributed by atoms with Gasteiger partial charge in [-0.3, -0.25) is 4.79 Å². The van der Waals surface area contributed by atoms with Crippen molar-refractivity contribution in [2.45, 2.75) is 6.92 Å². The highest BCUT2D eigenvalue weighted by atomic mass is 19.2. The van der Waals surface area contributed by atoms with Crippen molar-refractivity contribution in [1.29, 1.82) is 0 Å². The summed E-state index contributed by atoms with van der Waals surface area (Å²) in [6.45, 7) is 1.73. The Morgan fingerprint density at radius 2 is 2.15 bits per heavy atom. The van der Waals surface area contributed by atoms with E-state index in [-0.39, 0.29) is 11.6 Å². The molecule has 1 rings (SSSR count). The third kappa shape index (κ3) is 1.77. The van der Waals surface area contributed by atoms with Crippen molar-refractivity contribution in [3.8, 4) is 0 Å². The zero-order chi connectivity index (χ0) is 9.84. The molecule has 1 aromatic carbocycles. The van der Waals surface area contributed by atoms with Crippen LogP contribution in [0.3, 0.4) is 0 Å². The third-order valence-corrected chi connectivity index (χ3v) is 1.84. The van der Waals surface area contributed by atoms with Gasteiger partial charge >= 0.3 is 0 Å². The van der Waals surface area contributed by atoms with Gasteiger partial charge in [-0.1, -0.05) is 12.1 Å². The van der Waals surface area contributed by atoms with Crippen molar-refractivity contribution in [3.05, 3.63) is 29.3 Å². The molecule has 0 unspecified atom stereocenters. The van der Waals surface area contributed by atoms with Crippen LogP contribution in [0.4, 0.5) is 10.2 Å². The second kappa shape index (κ2) is 3.89. The van der Waals surface area contributed by atoms with E-state index in [1.54, 1.807) is 25.1 Å². The average Bonchev–Trinajstić information content (AvgIpc) is 2.16. The van der Waals surface area contributed by atoms with E-state index >= 15 is 0 Å². The SMILES string of the molecule is CNC(=O)c1cccc(C)c1NF. The summed E-state index contributed by atoms with van der Waals surface area (Å²) in [7, 11) is 1.51. The van der Waals surface area contributed by atoms with Crippen molar-refractivity contribution < 1.29 is 9.28 Å². The third-order valence-electron chi connectivity index (χ3n) is 1.84. The molecule has 0 aliphatic rings. The maximum atomic E-state index is 12.3. The molecule has 0 saturated carbocycles. The van der Waals surface area contributed by atoms with Gasteiger partial charge < -0.3 is 5.32 Å². The number of hydrogen-bond donors (Lipinski definition) is 2. The molecule has 0 aliphatic heterocycles. The van der Waals surface area contributed by atoms with Crippen LogP contribution in [0.1, 0.15) is 15.9 Å². The first kappa shape index (κ1) is 9.51. The zero-order valence-corrected chi connectivity index (χ0v) is 7.52. The molecular formula is C9H11FN2O. The van der Waals surface area contributed by atoms with Crippen molar-refractivity contribution >= 4 is 11.6 Å². The van der Waals surface area contributed by atoms with E-state index < -0.39 is 0 Å². The van der Waals surface area contributed by atoms with Crippen molar-refractivity contribution in [2.75, 3.05) is 12.6 Å². The molecule has 3 nitrogen and oxygen atoms in total. The van der Waals surface area contributed by atoms with Gasteiger partial charge in [0, 0.05) is 7.05 Å². The lowest BCUT2D eigenvalue weighted by Crippen LogP contribution is -2.19. The van der Waals surface area contributed by atoms with Crippen LogP contribution >= 0.6 is 0 Å². The Morgan fingerprint density at radius 3 is 2.69 bits per heavy atom. The molecule has 0 radical (unpaired) electrons. The minimum atomic E-state index is -0.302. The summed E-state index contributed by atoms with van der Waals surface area (Å²) >= 11 is 0. The van der Waals surface area contributed by atoms with E-state index in [0.29, 0.717) is 11.1 Å². The Morgan fingerprint density at radius 1 is 1.46 bits per heavy atom. The lowest BCUT2D eigenvalue weighted by Gasteiger charge is -2.07. The fraction of sp³-hybridized carbons (Fsp3) is 0.222. The Bertz CT molecular complexity index is 325. The summed E-state index contributed by atoms with van der Waals surface area (Å²) in [4.78, 5) is 11.2. The number of hydrogen-bond acceptors (Lipinski definition) is 2. The quantitative estimate of drug-likeness (QED) is 0.683. The first-order valence-electron chi connectivity index (χ1n) is 3.89. The number of nitrogens with one attached hydrogen (secondary N) is 2. The van der Waals surface area contributed by atoms with E-state index in [1.165, 1.54) is 12.6 Å². The van der Waals surface area contributed by atoms with E-state index in [9.17, 15) is 9.28 Å². The van der Waals surface area contributed by atoms with Crippen LogP contribution in [0.15, 0.2) is 18.2 Å². The Hall–Kier alpha value is -1.58. The molecule has 0 heterocycles. The highest BCUT2D eigenvalue weighted by molar-refractivity contribution is 5.99. The van der Waals surface area contributed by atoms with Crippen molar-refractivity contribution in [3.63, 3.8) is 0 Å². The molecule has 2 N–H and O–H groups in total. The minimum Gasteiger partial charge on any atom is -0.355 e. The fourth-order valence-electron chi connectivity index (χ4n) is 1.12. The lowest BCUT2D eigenvalue weighted by molar-refractivity contribution is 0.0963. The molecule has 0 bridgehead atoms. The second-order valence-electron chi connectivity index (χ2n) is 2.67. The van der Waals surface area contributed by atoms with Crippen LogP contribution in [0, 0.1) is 6.92 Å². The maximum absolute atomic E-state index is 12.3. The van der Waals surface area contributed by atoms with E-state index in [4.69, 9.17) is 0 Å². The van der Waals surface area contributed by atoms with Gasteiger partial charge in [0.1, 0.15) is 0 Å². The van der Waals surface area contributed by atoms with Crippen LogP contribution in [0.5, 0.6) is 0 Å². The molecule has 70 valence electrons. The molecule has 0 fully saturated rings. The Balaban J connectivity index is 3.20. The fourth-order valence-corrected chi connectivity index (χ4v) is 1.12. The molecule has 0 aromatic heterocycles. The van der Waals surface area contributed by atoms with Gasteiger partial charge in [0.25, 0.3) is 5.91 Å². The Kier molecular flexibility index (Phi) is 2.84. The van der Waals surface area contributed by atoms with Crippen LogP contribution < -0.4 is 10.9 Å². The van der Waals surface area contributed by atoms with Crippen LogP contribution in [0.25, 0.3) is 0 Å². The zero-order valence-electron chi connectivity index (χ0n) is 7.52. The monoisotopic (exact) mass is 182 g/mol. The summed E-state index contributed by atoms with van der Waals surface area (Å²) in [5.41, 5.74) is 2.75. The van der Waals surface area contributed by atoms with Gasteiger partial charge in [0.15, 0.2) is 0 Å². The molecule has 0 atom stereocenters. The van der Waals surface area contributed by atoms with Gasteiger partial charge in [-0.15, -0.1) is 4.48 Å².